The van der Waals surface area contributed by atoms with Crippen molar-refractivity contribution < 1.29 is 9.53 Å². The predicted octanol–water partition coefficient (Wildman–Crippen LogP) is 3.51. The molecule has 1 amide bonds. The number of aromatic amines is 1. The molecule has 1 aliphatic carbocycles. The van der Waals surface area contributed by atoms with Crippen molar-refractivity contribution in [2.75, 3.05) is 13.7 Å². The van der Waals surface area contributed by atoms with E-state index in [1.54, 1.807) is 7.11 Å². The molecule has 0 atom stereocenters. The Bertz CT molecular complexity index is 671. The quantitative estimate of drug-likeness (QED) is 0.822. The first kappa shape index (κ1) is 14.9. The number of aromatic nitrogens is 1. The van der Waals surface area contributed by atoms with E-state index < -0.39 is 0 Å². The number of nitrogens with one attached hydrogen (secondary N) is 2. The number of rotatable bonds is 7. The van der Waals surface area contributed by atoms with E-state index in [4.69, 9.17) is 4.74 Å². The highest BCUT2D eigenvalue weighted by molar-refractivity contribution is 5.86. The van der Waals surface area contributed by atoms with E-state index in [-0.39, 0.29) is 11.3 Å². The Kier molecular flexibility index (Phi) is 4.10. The van der Waals surface area contributed by atoms with Crippen LogP contribution in [0.25, 0.3) is 10.9 Å². The summed E-state index contributed by atoms with van der Waals surface area (Å²) in [5, 5.41) is 4.33. The second-order valence-corrected chi connectivity index (χ2v) is 6.27. The molecule has 0 saturated heterocycles. The van der Waals surface area contributed by atoms with Crippen molar-refractivity contribution in [1.82, 2.24) is 10.3 Å². The molecular weight excluding hydrogens is 276 g/mol. The number of ether oxygens (including phenoxy) is 1. The largest absolute Gasteiger partial charge is 0.497 e. The molecule has 4 heteroatoms. The van der Waals surface area contributed by atoms with Crippen LogP contribution in [0.3, 0.4) is 0 Å². The van der Waals surface area contributed by atoms with Crippen LogP contribution in [0, 0.1) is 0 Å². The number of carbonyl (C=O) groups excluding carboxylic acids is 1. The maximum atomic E-state index is 11.9. The molecule has 2 N–H and O–H groups in total. The number of benzene rings is 1. The molecule has 1 fully saturated rings. The first-order valence-electron chi connectivity index (χ1n) is 8.11. The number of hydrogen-bond donors (Lipinski definition) is 2. The summed E-state index contributed by atoms with van der Waals surface area (Å²) in [7, 11) is 1.69. The first-order chi connectivity index (χ1) is 10.7. The Morgan fingerprint density at radius 1 is 1.41 bits per heavy atom. The molecule has 1 heterocycles. The van der Waals surface area contributed by atoms with Crippen LogP contribution in [0.5, 0.6) is 5.75 Å². The average molecular weight is 300 g/mol. The van der Waals surface area contributed by atoms with E-state index in [9.17, 15) is 4.79 Å². The first-order valence-corrected chi connectivity index (χ1v) is 8.11. The van der Waals surface area contributed by atoms with Crippen molar-refractivity contribution in [2.45, 2.75) is 44.4 Å². The van der Waals surface area contributed by atoms with Crippen LogP contribution in [-0.4, -0.2) is 24.5 Å². The highest BCUT2D eigenvalue weighted by Crippen LogP contribution is 2.50. The molecule has 22 heavy (non-hydrogen) atoms. The Morgan fingerprint density at radius 2 is 2.23 bits per heavy atom. The van der Waals surface area contributed by atoms with Crippen molar-refractivity contribution in [3.05, 3.63) is 30.0 Å². The molecule has 0 spiro atoms. The summed E-state index contributed by atoms with van der Waals surface area (Å²) in [5.41, 5.74) is 2.53. The van der Waals surface area contributed by atoms with Crippen molar-refractivity contribution in [3.63, 3.8) is 0 Å². The summed E-state index contributed by atoms with van der Waals surface area (Å²) in [5.74, 6) is 1.04. The molecule has 1 aromatic heterocycles. The molecule has 0 unspecified atom stereocenters. The Labute approximate surface area is 131 Å². The van der Waals surface area contributed by atoms with Gasteiger partial charge >= 0.3 is 0 Å². The van der Waals surface area contributed by atoms with Crippen LogP contribution in [0.15, 0.2) is 24.4 Å². The Balaban J connectivity index is 1.76. The van der Waals surface area contributed by atoms with Gasteiger partial charge in [0.05, 0.1) is 7.11 Å². The predicted molar refractivity (Wildman–Crippen MR) is 88.3 cm³/mol. The van der Waals surface area contributed by atoms with Gasteiger partial charge in [-0.2, -0.15) is 0 Å². The zero-order chi connectivity index (χ0) is 15.6. The Hall–Kier alpha value is -1.97. The van der Waals surface area contributed by atoms with Gasteiger partial charge in [-0.05, 0) is 43.0 Å². The normalized spacial score (nSPS) is 15.7. The molecule has 0 bridgehead atoms. The van der Waals surface area contributed by atoms with Gasteiger partial charge in [0, 0.05) is 35.5 Å². The van der Waals surface area contributed by atoms with Crippen LogP contribution in [0.1, 0.15) is 44.6 Å². The fraction of sp³-hybridized carbons (Fsp3) is 0.500. The third kappa shape index (κ3) is 2.82. The minimum atomic E-state index is 0.104. The van der Waals surface area contributed by atoms with Gasteiger partial charge in [-0.15, -0.1) is 0 Å². The second kappa shape index (κ2) is 6.03. The SMILES string of the molecule is CCCCC(=O)NCC1(c2c[nH]c3ccc(OC)cc23)CC1. The van der Waals surface area contributed by atoms with Crippen LogP contribution < -0.4 is 10.1 Å². The average Bonchev–Trinajstić information content (AvgIpc) is 3.21. The van der Waals surface area contributed by atoms with E-state index in [0.717, 1.165) is 43.5 Å². The van der Waals surface area contributed by atoms with Crippen molar-refractivity contribution in [1.29, 1.82) is 0 Å². The molecule has 0 radical (unpaired) electrons. The minimum Gasteiger partial charge on any atom is -0.497 e. The van der Waals surface area contributed by atoms with Gasteiger partial charge in [0.1, 0.15) is 5.75 Å². The molecule has 4 nitrogen and oxygen atoms in total. The monoisotopic (exact) mass is 300 g/mol. The van der Waals surface area contributed by atoms with Gasteiger partial charge in [-0.3, -0.25) is 4.79 Å². The number of amides is 1. The summed E-state index contributed by atoms with van der Waals surface area (Å²) < 4.78 is 5.34. The number of methoxy groups -OCH3 is 1. The van der Waals surface area contributed by atoms with E-state index in [1.165, 1.54) is 10.9 Å². The van der Waals surface area contributed by atoms with Gasteiger partial charge in [-0.1, -0.05) is 13.3 Å². The van der Waals surface area contributed by atoms with Crippen molar-refractivity contribution in [2.24, 2.45) is 0 Å². The number of hydrogen-bond acceptors (Lipinski definition) is 2. The maximum Gasteiger partial charge on any atom is 0.220 e. The number of H-pyrrole nitrogens is 1. The van der Waals surface area contributed by atoms with Gasteiger partial charge in [0.2, 0.25) is 5.91 Å². The van der Waals surface area contributed by atoms with Crippen LogP contribution >= 0.6 is 0 Å². The van der Waals surface area contributed by atoms with Gasteiger partial charge in [0.15, 0.2) is 0 Å². The summed E-state index contributed by atoms with van der Waals surface area (Å²) in [6.07, 6.45) is 7.00. The number of fused-ring (bicyclic) bond motifs is 1. The summed E-state index contributed by atoms with van der Waals surface area (Å²) in [4.78, 5) is 15.2. The van der Waals surface area contributed by atoms with Crippen LogP contribution in [-0.2, 0) is 10.2 Å². The molecule has 0 aliphatic heterocycles. The highest BCUT2D eigenvalue weighted by Gasteiger charge is 2.45. The lowest BCUT2D eigenvalue weighted by Crippen LogP contribution is -2.31. The zero-order valence-electron chi connectivity index (χ0n) is 13.4. The van der Waals surface area contributed by atoms with Crippen molar-refractivity contribution >= 4 is 16.8 Å². The molecular formula is C18H24N2O2. The van der Waals surface area contributed by atoms with Crippen molar-refractivity contribution in [3.8, 4) is 5.75 Å². The summed E-state index contributed by atoms with van der Waals surface area (Å²) >= 11 is 0. The standard InChI is InChI=1S/C18H24N2O2/c1-3-4-5-17(21)20-12-18(8-9-18)15-11-19-16-7-6-13(22-2)10-14(15)16/h6-7,10-11,19H,3-5,8-9,12H2,1-2H3,(H,20,21). The third-order valence-corrected chi connectivity index (χ3v) is 4.70. The maximum absolute atomic E-state index is 11.9. The molecule has 118 valence electrons. The zero-order valence-corrected chi connectivity index (χ0v) is 13.4. The van der Waals surface area contributed by atoms with E-state index in [2.05, 4.69) is 29.5 Å². The molecule has 1 aromatic carbocycles. The Morgan fingerprint density at radius 3 is 2.91 bits per heavy atom. The lowest BCUT2D eigenvalue weighted by atomic mass is 9.95. The topological polar surface area (TPSA) is 54.1 Å². The molecule has 2 aromatic rings. The lowest BCUT2D eigenvalue weighted by Gasteiger charge is -2.16. The smallest absolute Gasteiger partial charge is 0.220 e. The summed E-state index contributed by atoms with van der Waals surface area (Å²) in [6.45, 7) is 2.84. The van der Waals surface area contributed by atoms with E-state index in [0.29, 0.717) is 6.42 Å². The minimum absolute atomic E-state index is 0.104. The van der Waals surface area contributed by atoms with Gasteiger partial charge in [-0.25, -0.2) is 0 Å². The molecule has 3 rings (SSSR count). The van der Waals surface area contributed by atoms with Crippen LogP contribution in [0.4, 0.5) is 0 Å². The molecule has 1 saturated carbocycles. The fourth-order valence-electron chi connectivity index (χ4n) is 3.05. The highest BCUT2D eigenvalue weighted by atomic mass is 16.5. The summed E-state index contributed by atoms with van der Waals surface area (Å²) in [6, 6.07) is 6.10. The number of unbranched alkanes of at least 4 members (excludes halogenated alkanes) is 1. The van der Waals surface area contributed by atoms with E-state index in [1.807, 2.05) is 12.1 Å². The van der Waals surface area contributed by atoms with Gasteiger partial charge in [0.25, 0.3) is 0 Å². The van der Waals surface area contributed by atoms with Crippen LogP contribution in [0.2, 0.25) is 0 Å². The van der Waals surface area contributed by atoms with Gasteiger partial charge < -0.3 is 15.0 Å². The second-order valence-electron chi connectivity index (χ2n) is 6.27. The fourth-order valence-corrected chi connectivity index (χ4v) is 3.05. The lowest BCUT2D eigenvalue weighted by molar-refractivity contribution is -0.121. The third-order valence-electron chi connectivity index (χ3n) is 4.70. The number of carbonyl (C=O) groups is 1. The van der Waals surface area contributed by atoms with E-state index >= 15 is 0 Å². The molecule has 1 aliphatic rings.